The van der Waals surface area contributed by atoms with E-state index < -0.39 is 47.9 Å². The number of amidine groups is 1. The fourth-order valence-electron chi connectivity index (χ4n) is 3.82. The van der Waals surface area contributed by atoms with Gasteiger partial charge in [-0.3, -0.25) is 9.79 Å². The second kappa shape index (κ2) is 11.3. The number of nitrogens with two attached hydrogens (primary N) is 1. The maximum Gasteiger partial charge on any atom is 0.418 e. The van der Waals surface area contributed by atoms with E-state index in [4.69, 9.17) is 24.9 Å². The minimum atomic E-state index is -1.38. The number of pyridine rings is 1. The highest BCUT2D eigenvalue weighted by molar-refractivity contribution is 8.15. The van der Waals surface area contributed by atoms with E-state index in [1.807, 2.05) is 0 Å². The van der Waals surface area contributed by atoms with Gasteiger partial charge in [-0.25, -0.2) is 14.7 Å². The van der Waals surface area contributed by atoms with Gasteiger partial charge in [0.05, 0.1) is 24.5 Å². The zero-order valence-corrected chi connectivity index (χ0v) is 25.4. The summed E-state index contributed by atoms with van der Waals surface area (Å²) in [5.74, 6) is -1.88. The van der Waals surface area contributed by atoms with Crippen molar-refractivity contribution in [3.63, 3.8) is 0 Å². The van der Waals surface area contributed by atoms with E-state index >= 15 is 4.39 Å². The molecule has 3 atom stereocenters. The first-order valence-electron chi connectivity index (χ1n) is 12.2. The predicted octanol–water partition coefficient (Wildman–Crippen LogP) is 5.24. The molecule has 1 aromatic rings. The minimum absolute atomic E-state index is 0.108. The van der Waals surface area contributed by atoms with E-state index in [2.05, 4.69) is 24.6 Å². The summed E-state index contributed by atoms with van der Waals surface area (Å²) < 4.78 is 30.5. The van der Waals surface area contributed by atoms with Gasteiger partial charge in [0, 0.05) is 26.2 Å². The van der Waals surface area contributed by atoms with Gasteiger partial charge in [0.25, 0.3) is 0 Å². The molecule has 1 amide bonds. The molecule has 0 bridgehead atoms. The number of esters is 1. The summed E-state index contributed by atoms with van der Waals surface area (Å²) in [5.41, 5.74) is 4.18. The van der Waals surface area contributed by atoms with Gasteiger partial charge in [0.1, 0.15) is 17.1 Å². The molecule has 37 heavy (non-hydrogen) atoms. The number of halogens is 1. The van der Waals surface area contributed by atoms with E-state index in [9.17, 15) is 9.59 Å². The van der Waals surface area contributed by atoms with Gasteiger partial charge in [-0.05, 0) is 46.7 Å². The highest BCUT2D eigenvalue weighted by Gasteiger charge is 2.56. The summed E-state index contributed by atoms with van der Waals surface area (Å²) in [5, 5.41) is 0.151. The number of thioether (sulfide) groups is 1. The van der Waals surface area contributed by atoms with Crippen molar-refractivity contribution in [1.82, 2.24) is 9.88 Å². The minimum Gasteiger partial charge on any atom is -0.468 e. The SMILES string of the molecule is COC(=O)[C@@]1(C)SC(N(COCC[Si](C)(C)C)C(=O)OC(C)(C)C)=N[C@](C)(c2cc(N)cnc2F)[C@@H]1C. The number of aromatic nitrogens is 1. The average molecular weight is 557 g/mol. The molecule has 9 nitrogen and oxygen atoms in total. The van der Waals surface area contributed by atoms with Crippen LogP contribution in [0.5, 0.6) is 0 Å². The Bertz CT molecular complexity index is 1040. The zero-order valence-electron chi connectivity index (χ0n) is 23.6. The Kier molecular flexibility index (Phi) is 9.46. The van der Waals surface area contributed by atoms with Crippen LogP contribution in [-0.4, -0.2) is 66.0 Å². The molecule has 2 rings (SSSR count). The van der Waals surface area contributed by atoms with Gasteiger partial charge < -0.3 is 19.9 Å². The van der Waals surface area contributed by atoms with Gasteiger partial charge >= 0.3 is 12.1 Å². The van der Waals surface area contributed by atoms with Crippen LogP contribution in [0, 0.1) is 11.9 Å². The van der Waals surface area contributed by atoms with Gasteiger partial charge in [-0.15, -0.1) is 0 Å². The van der Waals surface area contributed by atoms with E-state index in [0.717, 1.165) is 17.8 Å². The number of aliphatic imine (C=N–C) groups is 1. The first-order chi connectivity index (χ1) is 16.8. The molecule has 0 saturated heterocycles. The molecule has 0 aromatic carbocycles. The molecule has 1 aliphatic rings. The highest BCUT2D eigenvalue weighted by Crippen LogP contribution is 2.52. The molecule has 0 fully saturated rings. The summed E-state index contributed by atoms with van der Waals surface area (Å²) in [6, 6.07) is 2.35. The van der Waals surface area contributed by atoms with Crippen molar-refractivity contribution in [3.05, 3.63) is 23.8 Å². The Morgan fingerprint density at radius 1 is 1.27 bits per heavy atom. The third-order valence-corrected chi connectivity index (χ3v) is 9.50. The fraction of sp³-hybridized carbons (Fsp3) is 0.680. The van der Waals surface area contributed by atoms with Crippen LogP contribution in [-0.2, 0) is 24.5 Å². The van der Waals surface area contributed by atoms with Crippen molar-refractivity contribution in [2.24, 2.45) is 10.9 Å². The second-order valence-corrected chi connectivity index (χ2v) is 18.9. The summed E-state index contributed by atoms with van der Waals surface area (Å²) >= 11 is 1.06. The monoisotopic (exact) mass is 556 g/mol. The number of methoxy groups -OCH3 is 1. The molecule has 0 unspecified atom stereocenters. The van der Waals surface area contributed by atoms with E-state index in [1.54, 1.807) is 41.5 Å². The van der Waals surface area contributed by atoms with Crippen LogP contribution in [0.4, 0.5) is 14.9 Å². The van der Waals surface area contributed by atoms with Gasteiger partial charge in [-0.1, -0.05) is 38.3 Å². The summed E-state index contributed by atoms with van der Waals surface area (Å²) in [4.78, 5) is 36.4. The number of carbonyl (C=O) groups excluding carboxylic acids is 2. The normalized spacial score (nSPS) is 24.3. The number of ether oxygens (including phenoxy) is 3. The van der Waals surface area contributed by atoms with Gasteiger partial charge in [0.2, 0.25) is 5.95 Å². The van der Waals surface area contributed by atoms with Crippen molar-refractivity contribution in [2.75, 3.05) is 26.2 Å². The van der Waals surface area contributed by atoms with E-state index in [1.165, 1.54) is 24.3 Å². The predicted molar refractivity (Wildman–Crippen MR) is 148 cm³/mol. The van der Waals surface area contributed by atoms with E-state index in [0.29, 0.717) is 6.61 Å². The molecule has 2 N–H and O–H groups in total. The number of anilines is 1. The topological polar surface area (TPSA) is 116 Å². The van der Waals surface area contributed by atoms with Crippen molar-refractivity contribution < 1.29 is 28.2 Å². The van der Waals surface area contributed by atoms with Crippen LogP contribution in [0.3, 0.4) is 0 Å². The Morgan fingerprint density at radius 3 is 2.43 bits per heavy atom. The molecule has 1 aliphatic heterocycles. The highest BCUT2D eigenvalue weighted by atomic mass is 32.2. The third-order valence-electron chi connectivity index (χ3n) is 6.36. The van der Waals surface area contributed by atoms with Crippen LogP contribution >= 0.6 is 11.8 Å². The second-order valence-electron chi connectivity index (χ2n) is 11.8. The maximum atomic E-state index is 15.1. The van der Waals surface area contributed by atoms with Crippen LogP contribution in [0.15, 0.2) is 17.3 Å². The number of carbonyl (C=O) groups is 2. The first-order valence-corrected chi connectivity index (χ1v) is 16.7. The Hall–Kier alpha value is -2.18. The molecule has 0 aliphatic carbocycles. The molecular formula is C25H41FN4O5SSi. The standard InChI is InChI=1S/C25H41FN4O5SSi/c1-16-24(5,18-13-17(27)14-28-19(18)26)29-21(36-25(16,6)20(31)33-7)30(22(32)35-23(2,3)4)15-34-11-12-37(8,9)10/h13-14,16H,11-12,15,27H2,1-10H3/t16-,24-,25-/m0/s1. The molecule has 0 saturated carbocycles. The molecule has 12 heteroatoms. The van der Waals surface area contributed by atoms with Gasteiger partial charge in [-0.2, -0.15) is 4.39 Å². The van der Waals surface area contributed by atoms with Gasteiger partial charge in [0.15, 0.2) is 5.17 Å². The summed E-state index contributed by atoms with van der Waals surface area (Å²) in [7, 11) is -0.0927. The lowest BCUT2D eigenvalue weighted by atomic mass is 9.74. The number of nitrogen functional groups attached to an aromatic ring is 1. The third kappa shape index (κ3) is 7.44. The lowest BCUT2D eigenvalue weighted by molar-refractivity contribution is -0.145. The maximum absolute atomic E-state index is 15.1. The number of nitrogens with zero attached hydrogens (tertiary/aromatic N) is 3. The largest absolute Gasteiger partial charge is 0.468 e. The quantitative estimate of drug-likeness (QED) is 0.159. The number of rotatable bonds is 7. The molecule has 0 radical (unpaired) electrons. The smallest absolute Gasteiger partial charge is 0.418 e. The lowest BCUT2D eigenvalue weighted by Gasteiger charge is -2.47. The number of hydrogen-bond donors (Lipinski definition) is 1. The van der Waals surface area contributed by atoms with Crippen LogP contribution in [0.2, 0.25) is 25.7 Å². The van der Waals surface area contributed by atoms with Crippen LogP contribution in [0.1, 0.15) is 47.1 Å². The Morgan fingerprint density at radius 2 is 1.89 bits per heavy atom. The van der Waals surface area contributed by atoms with Crippen molar-refractivity contribution in [3.8, 4) is 0 Å². The Balaban J connectivity index is 2.65. The Labute approximate surface area is 224 Å². The molecular weight excluding hydrogens is 515 g/mol. The fourth-order valence-corrected chi connectivity index (χ4v) is 6.00. The molecule has 0 spiro atoms. The lowest BCUT2D eigenvalue weighted by Crippen LogP contribution is -2.55. The average Bonchev–Trinajstić information content (AvgIpc) is 2.76. The summed E-state index contributed by atoms with van der Waals surface area (Å²) in [6.07, 6.45) is 0.524. The van der Waals surface area contributed by atoms with Crippen LogP contribution in [0.25, 0.3) is 0 Å². The molecule has 2 heterocycles. The molecule has 208 valence electrons. The first kappa shape index (κ1) is 31.0. The molecule has 1 aromatic heterocycles. The number of hydrogen-bond acceptors (Lipinski definition) is 9. The van der Waals surface area contributed by atoms with Crippen molar-refractivity contribution in [1.29, 1.82) is 0 Å². The van der Waals surface area contributed by atoms with Crippen molar-refractivity contribution in [2.45, 2.75) is 83.1 Å². The van der Waals surface area contributed by atoms with Crippen LogP contribution < -0.4 is 5.73 Å². The zero-order chi connectivity index (χ0) is 28.4. The summed E-state index contributed by atoms with van der Waals surface area (Å²) in [6.45, 7) is 17.4. The number of amides is 1. The van der Waals surface area contributed by atoms with Crippen molar-refractivity contribution >= 4 is 42.8 Å². The van der Waals surface area contributed by atoms with E-state index in [-0.39, 0.29) is 23.1 Å².